The van der Waals surface area contributed by atoms with Gasteiger partial charge in [0.05, 0.1) is 11.9 Å². The first kappa shape index (κ1) is 19.5. The van der Waals surface area contributed by atoms with Crippen molar-refractivity contribution in [2.45, 2.75) is 19.9 Å². The number of carbonyl (C=O) groups is 1. The number of phenols is 1. The van der Waals surface area contributed by atoms with Crippen molar-refractivity contribution >= 4 is 28.2 Å². The molecule has 0 saturated heterocycles. The molecule has 0 fully saturated rings. The van der Waals surface area contributed by atoms with Gasteiger partial charge in [0.25, 0.3) is 0 Å². The quantitative estimate of drug-likeness (QED) is 0.435. The maximum atomic E-state index is 12.4. The van der Waals surface area contributed by atoms with E-state index in [1.807, 2.05) is 67.6 Å². The number of aryl methyl sites for hydroxylation is 1. The first-order valence-corrected chi connectivity index (χ1v) is 9.83. The van der Waals surface area contributed by atoms with E-state index in [1.54, 1.807) is 18.3 Å². The third kappa shape index (κ3) is 4.58. The molecule has 0 atom stereocenters. The topological polar surface area (TPSA) is 74.2 Å². The molecular formula is C25H23N3O2. The zero-order valence-electron chi connectivity index (χ0n) is 16.7. The molecule has 5 heteroatoms. The van der Waals surface area contributed by atoms with Gasteiger partial charge >= 0.3 is 0 Å². The molecule has 1 aromatic heterocycles. The fourth-order valence-corrected chi connectivity index (χ4v) is 3.35. The molecule has 0 aliphatic carbocycles. The van der Waals surface area contributed by atoms with E-state index in [-0.39, 0.29) is 11.7 Å². The minimum absolute atomic E-state index is 0.0274. The Morgan fingerprint density at radius 1 is 0.933 bits per heavy atom. The summed E-state index contributed by atoms with van der Waals surface area (Å²) >= 11 is 0. The van der Waals surface area contributed by atoms with E-state index in [0.717, 1.165) is 39.0 Å². The van der Waals surface area contributed by atoms with Gasteiger partial charge in [-0.05, 0) is 47.9 Å². The van der Waals surface area contributed by atoms with Gasteiger partial charge in [-0.3, -0.25) is 9.78 Å². The Balaban J connectivity index is 1.53. The summed E-state index contributed by atoms with van der Waals surface area (Å²) in [5, 5.41) is 17.1. The number of hydrogen-bond donors (Lipinski definition) is 3. The SMILES string of the molecule is Cc1ccc(O)cc1Nc1ccnc2ccc(CC(=O)NCc3ccccc3)cc12. The minimum Gasteiger partial charge on any atom is -0.508 e. The average Bonchev–Trinajstić information content (AvgIpc) is 2.76. The Morgan fingerprint density at radius 2 is 1.77 bits per heavy atom. The summed E-state index contributed by atoms with van der Waals surface area (Å²) in [6, 6.07) is 22.8. The first-order valence-electron chi connectivity index (χ1n) is 9.83. The van der Waals surface area contributed by atoms with Crippen molar-refractivity contribution < 1.29 is 9.90 Å². The molecule has 150 valence electrons. The number of carbonyl (C=O) groups excluding carboxylic acids is 1. The van der Waals surface area contributed by atoms with Crippen LogP contribution >= 0.6 is 0 Å². The van der Waals surface area contributed by atoms with Crippen LogP contribution in [0.1, 0.15) is 16.7 Å². The number of aromatic nitrogens is 1. The highest BCUT2D eigenvalue weighted by atomic mass is 16.3. The molecule has 0 aliphatic heterocycles. The normalized spacial score (nSPS) is 10.7. The largest absolute Gasteiger partial charge is 0.508 e. The highest BCUT2D eigenvalue weighted by Gasteiger charge is 2.09. The number of nitrogens with zero attached hydrogens (tertiary/aromatic N) is 1. The molecule has 0 bridgehead atoms. The molecular weight excluding hydrogens is 374 g/mol. The molecule has 0 radical (unpaired) electrons. The maximum absolute atomic E-state index is 12.4. The molecule has 0 unspecified atom stereocenters. The van der Waals surface area contributed by atoms with Gasteiger partial charge in [0.15, 0.2) is 0 Å². The van der Waals surface area contributed by atoms with Gasteiger partial charge < -0.3 is 15.7 Å². The smallest absolute Gasteiger partial charge is 0.224 e. The number of nitrogens with one attached hydrogen (secondary N) is 2. The predicted molar refractivity (Wildman–Crippen MR) is 120 cm³/mol. The summed E-state index contributed by atoms with van der Waals surface area (Å²) in [5.74, 6) is 0.178. The number of pyridine rings is 1. The fourth-order valence-electron chi connectivity index (χ4n) is 3.35. The van der Waals surface area contributed by atoms with Gasteiger partial charge in [-0.15, -0.1) is 0 Å². The molecule has 1 amide bonds. The van der Waals surface area contributed by atoms with Crippen molar-refractivity contribution in [3.05, 3.63) is 95.7 Å². The lowest BCUT2D eigenvalue weighted by Gasteiger charge is -2.13. The van der Waals surface area contributed by atoms with Gasteiger partial charge in [-0.25, -0.2) is 0 Å². The van der Waals surface area contributed by atoms with Gasteiger partial charge in [0, 0.05) is 35.6 Å². The van der Waals surface area contributed by atoms with Crippen molar-refractivity contribution in [1.29, 1.82) is 0 Å². The number of rotatable bonds is 6. The Bertz CT molecular complexity index is 1190. The number of anilines is 2. The number of fused-ring (bicyclic) bond motifs is 1. The molecule has 5 nitrogen and oxygen atoms in total. The lowest BCUT2D eigenvalue weighted by molar-refractivity contribution is -0.120. The highest BCUT2D eigenvalue weighted by molar-refractivity contribution is 5.94. The third-order valence-corrected chi connectivity index (χ3v) is 4.99. The Hall–Kier alpha value is -3.86. The summed E-state index contributed by atoms with van der Waals surface area (Å²) < 4.78 is 0. The summed E-state index contributed by atoms with van der Waals surface area (Å²) in [6.07, 6.45) is 2.04. The van der Waals surface area contributed by atoms with E-state index in [1.165, 1.54) is 0 Å². The van der Waals surface area contributed by atoms with Crippen LogP contribution in [0.3, 0.4) is 0 Å². The van der Waals surface area contributed by atoms with Gasteiger partial charge in [-0.2, -0.15) is 0 Å². The second-order valence-electron chi connectivity index (χ2n) is 7.27. The van der Waals surface area contributed by atoms with Crippen LogP contribution in [0.4, 0.5) is 11.4 Å². The van der Waals surface area contributed by atoms with Crippen LogP contribution in [-0.2, 0) is 17.8 Å². The number of aromatic hydroxyl groups is 1. The Kier molecular flexibility index (Phi) is 5.61. The zero-order valence-corrected chi connectivity index (χ0v) is 16.7. The molecule has 0 saturated carbocycles. The van der Waals surface area contributed by atoms with Crippen LogP contribution in [0.2, 0.25) is 0 Å². The van der Waals surface area contributed by atoms with Gasteiger partial charge in [-0.1, -0.05) is 42.5 Å². The zero-order chi connectivity index (χ0) is 20.9. The summed E-state index contributed by atoms with van der Waals surface area (Å²) in [6.45, 7) is 2.49. The standard InChI is InChI=1S/C25H23N3O2/c1-17-7-9-20(29)15-24(17)28-23-11-12-26-22-10-8-19(13-21(22)23)14-25(30)27-16-18-5-3-2-4-6-18/h2-13,15,29H,14,16H2,1H3,(H,26,28)(H,27,30). The van der Waals surface area contributed by atoms with E-state index < -0.39 is 0 Å². The molecule has 4 rings (SSSR count). The molecule has 0 spiro atoms. The Morgan fingerprint density at radius 3 is 2.60 bits per heavy atom. The lowest BCUT2D eigenvalue weighted by Crippen LogP contribution is -2.24. The van der Waals surface area contributed by atoms with Crippen molar-refractivity contribution in [1.82, 2.24) is 10.3 Å². The fraction of sp³-hybridized carbons (Fsp3) is 0.120. The van der Waals surface area contributed by atoms with Crippen molar-refractivity contribution in [3.63, 3.8) is 0 Å². The molecule has 1 heterocycles. The minimum atomic E-state index is -0.0274. The van der Waals surface area contributed by atoms with Crippen LogP contribution in [0.5, 0.6) is 5.75 Å². The molecule has 0 aliphatic rings. The molecule has 3 N–H and O–H groups in total. The number of amides is 1. The van der Waals surface area contributed by atoms with Crippen LogP contribution < -0.4 is 10.6 Å². The van der Waals surface area contributed by atoms with E-state index in [0.29, 0.717) is 13.0 Å². The maximum Gasteiger partial charge on any atom is 0.224 e. The summed E-state index contributed by atoms with van der Waals surface area (Å²) in [5.41, 5.74) is 5.55. The van der Waals surface area contributed by atoms with Gasteiger partial charge in [0.1, 0.15) is 5.75 Å². The van der Waals surface area contributed by atoms with Crippen LogP contribution in [0.15, 0.2) is 79.0 Å². The van der Waals surface area contributed by atoms with Crippen molar-refractivity contribution in [2.24, 2.45) is 0 Å². The summed E-state index contributed by atoms with van der Waals surface area (Å²) in [4.78, 5) is 16.8. The second-order valence-corrected chi connectivity index (χ2v) is 7.27. The van der Waals surface area contributed by atoms with E-state index >= 15 is 0 Å². The monoisotopic (exact) mass is 397 g/mol. The van der Waals surface area contributed by atoms with Crippen molar-refractivity contribution in [3.8, 4) is 5.75 Å². The predicted octanol–water partition coefficient (Wildman–Crippen LogP) is 4.85. The van der Waals surface area contributed by atoms with Crippen molar-refractivity contribution in [2.75, 3.05) is 5.32 Å². The van der Waals surface area contributed by atoms with E-state index in [2.05, 4.69) is 15.6 Å². The van der Waals surface area contributed by atoms with Gasteiger partial charge in [0.2, 0.25) is 5.91 Å². The average molecular weight is 397 g/mol. The van der Waals surface area contributed by atoms with E-state index in [4.69, 9.17) is 0 Å². The number of hydrogen-bond acceptors (Lipinski definition) is 4. The Labute approximate surface area is 175 Å². The van der Waals surface area contributed by atoms with Crippen LogP contribution in [0, 0.1) is 6.92 Å². The molecule has 4 aromatic rings. The number of benzene rings is 3. The van der Waals surface area contributed by atoms with Crippen LogP contribution in [0.25, 0.3) is 10.9 Å². The van der Waals surface area contributed by atoms with E-state index in [9.17, 15) is 9.90 Å². The third-order valence-electron chi connectivity index (χ3n) is 4.99. The second kappa shape index (κ2) is 8.66. The first-order chi connectivity index (χ1) is 14.6. The number of phenolic OH excluding ortho intramolecular Hbond substituents is 1. The molecule has 30 heavy (non-hydrogen) atoms. The molecule has 3 aromatic carbocycles. The van der Waals surface area contributed by atoms with Crippen LogP contribution in [-0.4, -0.2) is 16.0 Å². The highest BCUT2D eigenvalue weighted by Crippen LogP contribution is 2.29. The lowest BCUT2D eigenvalue weighted by atomic mass is 10.1. The summed E-state index contributed by atoms with van der Waals surface area (Å²) in [7, 11) is 0.